The topological polar surface area (TPSA) is 59.3 Å². The number of carboxylic acids is 1. The van der Waals surface area contributed by atoms with Crippen LogP contribution in [0.1, 0.15) is 19.3 Å². The summed E-state index contributed by atoms with van der Waals surface area (Å²) in [4.78, 5) is 21.8. The van der Waals surface area contributed by atoms with Crippen LogP contribution in [0.2, 0.25) is 0 Å². The molecule has 4 nitrogen and oxygen atoms in total. The van der Waals surface area contributed by atoms with E-state index in [0.717, 1.165) is 0 Å². The molecule has 1 aromatic heterocycles. The summed E-state index contributed by atoms with van der Waals surface area (Å²) in [5.41, 5.74) is -0.00609. The average molecular weight is 321 g/mol. The first-order valence-electron chi connectivity index (χ1n) is 4.68. The summed E-state index contributed by atoms with van der Waals surface area (Å²) in [5, 5.41) is 8.44. The lowest BCUT2D eigenvalue weighted by atomic mass is 10.2. The van der Waals surface area contributed by atoms with Crippen LogP contribution in [-0.2, 0) is 11.3 Å². The number of aliphatic carboxylic acids is 1. The van der Waals surface area contributed by atoms with Gasteiger partial charge in [0.05, 0.1) is 3.57 Å². The molecule has 0 saturated heterocycles. The predicted molar refractivity (Wildman–Crippen MR) is 64.9 cm³/mol. The Morgan fingerprint density at radius 1 is 1.47 bits per heavy atom. The summed E-state index contributed by atoms with van der Waals surface area (Å²) in [6.45, 7) is 0.586. The summed E-state index contributed by atoms with van der Waals surface area (Å²) >= 11 is 1.99. The van der Waals surface area contributed by atoms with E-state index >= 15 is 0 Å². The number of aromatic nitrogens is 1. The van der Waals surface area contributed by atoms with E-state index in [2.05, 4.69) is 0 Å². The third-order valence-electron chi connectivity index (χ3n) is 2.01. The molecular weight excluding hydrogens is 309 g/mol. The zero-order chi connectivity index (χ0) is 11.3. The van der Waals surface area contributed by atoms with Crippen LogP contribution in [-0.4, -0.2) is 15.6 Å². The van der Waals surface area contributed by atoms with Gasteiger partial charge in [0.15, 0.2) is 0 Å². The average Bonchev–Trinajstić information content (AvgIpc) is 2.18. The lowest BCUT2D eigenvalue weighted by Crippen LogP contribution is -2.21. The van der Waals surface area contributed by atoms with Crippen LogP contribution in [0.3, 0.4) is 0 Å². The normalized spacial score (nSPS) is 10.2. The van der Waals surface area contributed by atoms with E-state index in [4.69, 9.17) is 5.11 Å². The molecule has 1 aromatic rings. The lowest BCUT2D eigenvalue weighted by Gasteiger charge is -2.04. The van der Waals surface area contributed by atoms with Crippen molar-refractivity contribution < 1.29 is 9.90 Å². The van der Waals surface area contributed by atoms with Crippen molar-refractivity contribution in [1.82, 2.24) is 4.57 Å². The van der Waals surface area contributed by atoms with Crippen molar-refractivity contribution >= 4 is 28.6 Å². The molecule has 0 fully saturated rings. The molecular formula is C10H12INO3. The molecule has 0 amide bonds. The molecule has 0 radical (unpaired) electrons. The van der Waals surface area contributed by atoms with Crippen molar-refractivity contribution in [3.63, 3.8) is 0 Å². The largest absolute Gasteiger partial charge is 0.481 e. The van der Waals surface area contributed by atoms with Gasteiger partial charge in [0, 0.05) is 19.2 Å². The molecule has 1 heterocycles. The minimum Gasteiger partial charge on any atom is -0.481 e. The Morgan fingerprint density at radius 2 is 2.20 bits per heavy atom. The highest BCUT2D eigenvalue weighted by Crippen LogP contribution is 2.00. The number of hydrogen-bond acceptors (Lipinski definition) is 2. The van der Waals surface area contributed by atoms with Crippen molar-refractivity contribution in [2.24, 2.45) is 0 Å². The highest BCUT2D eigenvalue weighted by Gasteiger charge is 2.00. The van der Waals surface area contributed by atoms with E-state index in [9.17, 15) is 9.59 Å². The van der Waals surface area contributed by atoms with Crippen LogP contribution < -0.4 is 5.56 Å². The third kappa shape index (κ3) is 4.03. The number of carbonyl (C=O) groups is 1. The summed E-state index contributed by atoms with van der Waals surface area (Å²) < 4.78 is 2.30. The van der Waals surface area contributed by atoms with Crippen molar-refractivity contribution in [2.45, 2.75) is 25.8 Å². The number of carboxylic acid groups (broad SMARTS) is 1. The minimum absolute atomic E-state index is 0.00609. The van der Waals surface area contributed by atoms with E-state index in [1.807, 2.05) is 28.7 Å². The first kappa shape index (κ1) is 12.2. The molecule has 1 N–H and O–H groups in total. The summed E-state index contributed by atoms with van der Waals surface area (Å²) in [6, 6.07) is 3.58. The van der Waals surface area contributed by atoms with Gasteiger partial charge >= 0.3 is 5.97 Å². The van der Waals surface area contributed by atoms with Crippen molar-refractivity contribution in [3.8, 4) is 0 Å². The number of hydrogen-bond donors (Lipinski definition) is 1. The van der Waals surface area contributed by atoms with Gasteiger partial charge in [-0.3, -0.25) is 9.59 Å². The highest BCUT2D eigenvalue weighted by molar-refractivity contribution is 14.1. The Bertz CT molecular complexity index is 400. The van der Waals surface area contributed by atoms with Gasteiger partial charge in [0.25, 0.3) is 5.56 Å². The van der Waals surface area contributed by atoms with E-state index in [1.165, 1.54) is 0 Å². The molecule has 0 bridgehead atoms. The maximum absolute atomic E-state index is 11.5. The maximum atomic E-state index is 11.5. The lowest BCUT2D eigenvalue weighted by molar-refractivity contribution is -0.137. The summed E-state index contributed by atoms with van der Waals surface area (Å²) in [6.07, 6.45) is 3.21. The number of aryl methyl sites for hydroxylation is 1. The molecule has 0 aromatic carbocycles. The molecule has 5 heteroatoms. The van der Waals surface area contributed by atoms with E-state index in [1.54, 1.807) is 16.8 Å². The first-order valence-corrected chi connectivity index (χ1v) is 5.76. The molecule has 0 aliphatic heterocycles. The fraction of sp³-hybridized carbons (Fsp3) is 0.400. The van der Waals surface area contributed by atoms with Crippen LogP contribution in [0.4, 0.5) is 0 Å². The van der Waals surface area contributed by atoms with Crippen LogP contribution in [0.15, 0.2) is 23.1 Å². The smallest absolute Gasteiger partial charge is 0.303 e. The standard InChI is InChI=1S/C10H12INO3/c11-8-4-3-7-12(10(8)15)6-2-1-5-9(13)14/h3-4,7H,1-2,5-6H2,(H,13,14). The molecule has 1 rings (SSSR count). The molecule has 0 aliphatic rings. The number of halogens is 1. The first-order chi connectivity index (χ1) is 7.11. The summed E-state index contributed by atoms with van der Waals surface area (Å²) in [5.74, 6) is -0.787. The Balaban J connectivity index is 2.48. The van der Waals surface area contributed by atoms with Gasteiger partial charge in [-0.15, -0.1) is 0 Å². The van der Waals surface area contributed by atoms with Crippen molar-refractivity contribution in [1.29, 1.82) is 0 Å². The quantitative estimate of drug-likeness (QED) is 0.663. The van der Waals surface area contributed by atoms with Gasteiger partial charge in [-0.2, -0.15) is 0 Å². The van der Waals surface area contributed by atoms with E-state index in [-0.39, 0.29) is 12.0 Å². The zero-order valence-corrected chi connectivity index (χ0v) is 10.3. The minimum atomic E-state index is -0.787. The third-order valence-corrected chi connectivity index (χ3v) is 2.83. The molecule has 0 saturated carbocycles. The summed E-state index contributed by atoms with van der Waals surface area (Å²) in [7, 11) is 0. The van der Waals surface area contributed by atoms with Crippen molar-refractivity contribution in [3.05, 3.63) is 32.3 Å². The van der Waals surface area contributed by atoms with Gasteiger partial charge in [-0.25, -0.2) is 0 Å². The predicted octanol–water partition coefficient (Wildman–Crippen LogP) is 1.71. The number of nitrogens with zero attached hydrogens (tertiary/aromatic N) is 1. The van der Waals surface area contributed by atoms with Gasteiger partial charge < -0.3 is 9.67 Å². The SMILES string of the molecule is O=C(O)CCCCn1cccc(I)c1=O. The molecule has 0 spiro atoms. The fourth-order valence-corrected chi connectivity index (χ4v) is 1.76. The molecule has 82 valence electrons. The second kappa shape index (κ2) is 5.89. The van der Waals surface area contributed by atoms with E-state index in [0.29, 0.717) is 23.0 Å². The number of rotatable bonds is 5. The van der Waals surface area contributed by atoms with E-state index < -0.39 is 5.97 Å². The van der Waals surface area contributed by atoms with Crippen LogP contribution in [0.25, 0.3) is 0 Å². The fourth-order valence-electron chi connectivity index (χ4n) is 1.24. The monoisotopic (exact) mass is 321 g/mol. The van der Waals surface area contributed by atoms with Gasteiger partial charge in [-0.1, -0.05) is 0 Å². The van der Waals surface area contributed by atoms with Crippen LogP contribution >= 0.6 is 22.6 Å². The molecule has 0 atom stereocenters. The number of unbranched alkanes of at least 4 members (excludes halogenated alkanes) is 1. The second-order valence-corrected chi connectivity index (χ2v) is 4.37. The zero-order valence-electron chi connectivity index (χ0n) is 8.15. The van der Waals surface area contributed by atoms with Gasteiger partial charge in [-0.05, 0) is 47.6 Å². The second-order valence-electron chi connectivity index (χ2n) is 3.21. The number of pyridine rings is 1. The van der Waals surface area contributed by atoms with Crippen molar-refractivity contribution in [2.75, 3.05) is 0 Å². The van der Waals surface area contributed by atoms with Crippen LogP contribution in [0.5, 0.6) is 0 Å². The Hall–Kier alpha value is -0.850. The molecule has 0 aliphatic carbocycles. The molecule has 0 unspecified atom stereocenters. The maximum Gasteiger partial charge on any atom is 0.303 e. The Kier molecular flexibility index (Phi) is 4.80. The molecule has 15 heavy (non-hydrogen) atoms. The Labute approximate surface area is 101 Å². The van der Waals surface area contributed by atoms with Gasteiger partial charge in [0.1, 0.15) is 0 Å². The van der Waals surface area contributed by atoms with Crippen LogP contribution in [0, 0.1) is 3.57 Å². The van der Waals surface area contributed by atoms with Gasteiger partial charge in [0.2, 0.25) is 0 Å². The Morgan fingerprint density at radius 3 is 2.87 bits per heavy atom. The highest BCUT2D eigenvalue weighted by atomic mass is 127.